The van der Waals surface area contributed by atoms with Crippen molar-refractivity contribution in [1.82, 2.24) is 0 Å². The smallest absolute Gasteiger partial charge is 0.340 e. The Morgan fingerprint density at radius 3 is 2.67 bits per heavy atom. The molecule has 2 atom stereocenters. The summed E-state index contributed by atoms with van der Waals surface area (Å²) in [4.78, 5) is 14.5. The molecule has 1 aromatic rings. The SMILES string of the molecule is CCOC(=O)c1cc(N)ccc1N1C2CCC1CC(O)C2. The normalized spacial score (nSPS) is 27.7. The van der Waals surface area contributed by atoms with Crippen LogP contribution in [0.5, 0.6) is 0 Å². The number of esters is 1. The van der Waals surface area contributed by atoms with E-state index in [0.717, 1.165) is 31.4 Å². The molecule has 0 spiro atoms. The number of aliphatic hydroxyl groups is 1. The van der Waals surface area contributed by atoms with Gasteiger partial charge >= 0.3 is 5.97 Å². The van der Waals surface area contributed by atoms with E-state index < -0.39 is 0 Å². The first-order chi connectivity index (χ1) is 10.1. The molecule has 2 aliphatic heterocycles. The number of nitrogen functional groups attached to an aromatic ring is 1. The number of nitrogens with zero attached hydrogens (tertiary/aromatic N) is 1. The van der Waals surface area contributed by atoms with Crippen LogP contribution in [0.4, 0.5) is 11.4 Å². The number of carbonyl (C=O) groups excluding carboxylic acids is 1. The predicted molar refractivity (Wildman–Crippen MR) is 81.3 cm³/mol. The largest absolute Gasteiger partial charge is 0.462 e. The Morgan fingerprint density at radius 1 is 1.38 bits per heavy atom. The van der Waals surface area contributed by atoms with E-state index in [9.17, 15) is 9.90 Å². The van der Waals surface area contributed by atoms with Gasteiger partial charge < -0.3 is 20.5 Å². The van der Waals surface area contributed by atoms with Crippen molar-refractivity contribution in [3.8, 4) is 0 Å². The van der Waals surface area contributed by atoms with E-state index in [-0.39, 0.29) is 12.1 Å². The maximum Gasteiger partial charge on any atom is 0.340 e. The van der Waals surface area contributed by atoms with E-state index in [4.69, 9.17) is 10.5 Å². The second-order valence-electron chi connectivity index (χ2n) is 5.91. The number of fused-ring (bicyclic) bond motifs is 2. The number of carbonyl (C=O) groups is 1. The molecule has 3 N–H and O–H groups in total. The Hall–Kier alpha value is -1.75. The Labute approximate surface area is 124 Å². The highest BCUT2D eigenvalue weighted by Crippen LogP contribution is 2.41. The summed E-state index contributed by atoms with van der Waals surface area (Å²) >= 11 is 0. The molecule has 2 bridgehead atoms. The van der Waals surface area contributed by atoms with Crippen LogP contribution in [0.3, 0.4) is 0 Å². The quantitative estimate of drug-likeness (QED) is 0.657. The van der Waals surface area contributed by atoms with Gasteiger partial charge in [0, 0.05) is 17.8 Å². The predicted octanol–water partition coefficient (Wildman–Crippen LogP) is 1.94. The van der Waals surface area contributed by atoms with Gasteiger partial charge in [-0.1, -0.05) is 0 Å². The lowest BCUT2D eigenvalue weighted by Crippen LogP contribution is -2.45. The van der Waals surface area contributed by atoms with E-state index >= 15 is 0 Å². The van der Waals surface area contributed by atoms with Crippen LogP contribution in [0, 0.1) is 0 Å². The molecule has 2 aliphatic rings. The Kier molecular flexibility index (Phi) is 3.76. The van der Waals surface area contributed by atoms with Crippen molar-refractivity contribution in [2.75, 3.05) is 17.2 Å². The Balaban J connectivity index is 1.97. The van der Waals surface area contributed by atoms with Crippen LogP contribution in [0.15, 0.2) is 18.2 Å². The van der Waals surface area contributed by atoms with E-state index in [2.05, 4.69) is 4.90 Å². The molecular weight excluding hydrogens is 268 g/mol. The number of benzene rings is 1. The van der Waals surface area contributed by atoms with E-state index in [1.165, 1.54) is 0 Å². The highest BCUT2D eigenvalue weighted by molar-refractivity contribution is 5.97. The zero-order chi connectivity index (χ0) is 15.0. The highest BCUT2D eigenvalue weighted by Gasteiger charge is 2.41. The van der Waals surface area contributed by atoms with Crippen LogP contribution in [0.1, 0.15) is 43.0 Å². The minimum absolute atomic E-state index is 0.224. The third kappa shape index (κ3) is 2.58. The zero-order valence-electron chi connectivity index (χ0n) is 12.3. The number of ether oxygens (including phenoxy) is 1. The number of hydrogen-bond acceptors (Lipinski definition) is 5. The lowest BCUT2D eigenvalue weighted by Gasteiger charge is -2.39. The second-order valence-corrected chi connectivity index (χ2v) is 5.91. The van der Waals surface area contributed by atoms with Gasteiger partial charge in [0.1, 0.15) is 0 Å². The van der Waals surface area contributed by atoms with Crippen molar-refractivity contribution in [1.29, 1.82) is 0 Å². The first-order valence-electron chi connectivity index (χ1n) is 7.63. The molecule has 1 aromatic carbocycles. The summed E-state index contributed by atoms with van der Waals surface area (Å²) in [6, 6.07) is 6.02. The molecule has 2 saturated heterocycles. The summed E-state index contributed by atoms with van der Waals surface area (Å²) in [6.45, 7) is 2.14. The van der Waals surface area contributed by atoms with Gasteiger partial charge in [-0.25, -0.2) is 4.79 Å². The average Bonchev–Trinajstić information content (AvgIpc) is 2.71. The molecular formula is C16H22N2O3. The maximum atomic E-state index is 12.2. The minimum Gasteiger partial charge on any atom is -0.462 e. The maximum absolute atomic E-state index is 12.2. The average molecular weight is 290 g/mol. The van der Waals surface area contributed by atoms with Gasteiger partial charge in [-0.2, -0.15) is 0 Å². The molecule has 3 rings (SSSR count). The number of hydrogen-bond donors (Lipinski definition) is 2. The van der Waals surface area contributed by atoms with E-state index in [0.29, 0.717) is 29.9 Å². The van der Waals surface area contributed by atoms with Gasteiger partial charge in [0.2, 0.25) is 0 Å². The molecule has 0 radical (unpaired) electrons. The van der Waals surface area contributed by atoms with Crippen LogP contribution in [-0.2, 0) is 4.74 Å². The molecule has 2 fully saturated rings. The van der Waals surface area contributed by atoms with Crippen LogP contribution in [0.25, 0.3) is 0 Å². The fourth-order valence-corrected chi connectivity index (χ4v) is 3.69. The van der Waals surface area contributed by atoms with E-state index in [1.54, 1.807) is 13.0 Å². The molecule has 0 aromatic heterocycles. The lowest BCUT2D eigenvalue weighted by atomic mass is 9.97. The number of anilines is 2. The first-order valence-corrected chi connectivity index (χ1v) is 7.63. The fraction of sp³-hybridized carbons (Fsp3) is 0.562. The lowest BCUT2D eigenvalue weighted by molar-refractivity contribution is 0.0526. The monoisotopic (exact) mass is 290 g/mol. The fourth-order valence-electron chi connectivity index (χ4n) is 3.69. The van der Waals surface area contributed by atoms with Gasteiger partial charge in [0.15, 0.2) is 0 Å². The third-order valence-electron chi connectivity index (χ3n) is 4.50. The summed E-state index contributed by atoms with van der Waals surface area (Å²) in [6.07, 6.45) is 3.44. The summed E-state index contributed by atoms with van der Waals surface area (Å²) in [5.74, 6) is -0.328. The second kappa shape index (κ2) is 5.56. The van der Waals surface area contributed by atoms with Gasteiger partial charge in [0.05, 0.1) is 24.0 Å². The summed E-state index contributed by atoms with van der Waals surface area (Å²) in [7, 11) is 0. The van der Waals surface area contributed by atoms with Crippen LogP contribution >= 0.6 is 0 Å². The summed E-state index contributed by atoms with van der Waals surface area (Å²) in [5, 5.41) is 9.92. The van der Waals surface area contributed by atoms with Gasteiger partial charge in [-0.15, -0.1) is 0 Å². The molecule has 5 heteroatoms. The number of aliphatic hydroxyl groups excluding tert-OH is 1. The van der Waals surface area contributed by atoms with Gasteiger partial charge in [0.25, 0.3) is 0 Å². The molecule has 114 valence electrons. The number of nitrogens with two attached hydrogens (primary N) is 1. The number of piperidine rings is 1. The molecule has 0 saturated carbocycles. The highest BCUT2D eigenvalue weighted by atomic mass is 16.5. The van der Waals surface area contributed by atoms with Crippen LogP contribution in [-0.4, -0.2) is 35.9 Å². The zero-order valence-corrected chi connectivity index (χ0v) is 12.3. The third-order valence-corrected chi connectivity index (χ3v) is 4.50. The van der Waals surface area contributed by atoms with Crippen molar-refractivity contribution in [2.45, 2.75) is 50.8 Å². The molecule has 2 heterocycles. The van der Waals surface area contributed by atoms with Crippen molar-refractivity contribution < 1.29 is 14.6 Å². The van der Waals surface area contributed by atoms with Crippen molar-refractivity contribution in [2.24, 2.45) is 0 Å². The van der Waals surface area contributed by atoms with Crippen molar-refractivity contribution in [3.05, 3.63) is 23.8 Å². The first kappa shape index (κ1) is 14.2. The standard InChI is InChI=1S/C16H22N2O3/c1-2-21-16(20)14-7-10(17)3-6-15(14)18-11-4-5-12(18)9-13(19)8-11/h3,6-7,11-13,19H,2,4-5,8-9,17H2,1H3. The summed E-state index contributed by atoms with van der Waals surface area (Å²) < 4.78 is 5.16. The van der Waals surface area contributed by atoms with Crippen LogP contribution < -0.4 is 10.6 Å². The molecule has 0 amide bonds. The molecule has 0 aliphatic carbocycles. The van der Waals surface area contributed by atoms with Crippen molar-refractivity contribution >= 4 is 17.3 Å². The van der Waals surface area contributed by atoms with E-state index in [1.807, 2.05) is 12.1 Å². The topological polar surface area (TPSA) is 75.8 Å². The molecule has 2 unspecified atom stereocenters. The summed E-state index contributed by atoms with van der Waals surface area (Å²) in [5.41, 5.74) is 7.82. The van der Waals surface area contributed by atoms with Gasteiger partial charge in [-0.3, -0.25) is 0 Å². The Morgan fingerprint density at radius 2 is 2.05 bits per heavy atom. The molecule has 21 heavy (non-hydrogen) atoms. The Bertz CT molecular complexity index is 532. The minimum atomic E-state index is -0.328. The number of rotatable bonds is 3. The van der Waals surface area contributed by atoms with Crippen LogP contribution in [0.2, 0.25) is 0 Å². The van der Waals surface area contributed by atoms with Crippen molar-refractivity contribution in [3.63, 3.8) is 0 Å². The molecule has 5 nitrogen and oxygen atoms in total. The van der Waals surface area contributed by atoms with Gasteiger partial charge in [-0.05, 0) is 50.8 Å².